The molecule has 1 aromatic rings. The summed E-state index contributed by atoms with van der Waals surface area (Å²) in [5.74, 6) is 2.00. The molecule has 0 aliphatic heterocycles. The molecule has 0 aliphatic rings. The zero-order valence-electron chi connectivity index (χ0n) is 13.8. The van der Waals surface area contributed by atoms with Gasteiger partial charge >= 0.3 is 0 Å². The van der Waals surface area contributed by atoms with Crippen molar-refractivity contribution in [3.8, 4) is 0 Å². The van der Waals surface area contributed by atoms with Gasteiger partial charge in [-0.2, -0.15) is 11.8 Å². The summed E-state index contributed by atoms with van der Waals surface area (Å²) in [5.41, 5.74) is 1.28. The number of guanidine groups is 1. The van der Waals surface area contributed by atoms with Gasteiger partial charge in [0.05, 0.1) is 0 Å². The quantitative estimate of drug-likeness (QED) is 0.270. The first-order valence-electron chi connectivity index (χ1n) is 7.47. The normalized spacial score (nSPS) is 10.8. The van der Waals surface area contributed by atoms with Gasteiger partial charge in [-0.05, 0) is 31.2 Å². The lowest BCUT2D eigenvalue weighted by Gasteiger charge is -2.19. The molecule has 0 spiro atoms. The van der Waals surface area contributed by atoms with Crippen LogP contribution in [0.5, 0.6) is 0 Å². The molecule has 0 saturated heterocycles. The summed E-state index contributed by atoms with van der Waals surface area (Å²) in [4.78, 5) is 6.51. The van der Waals surface area contributed by atoms with Gasteiger partial charge in [-0.3, -0.25) is 4.99 Å². The Morgan fingerprint density at radius 2 is 1.82 bits per heavy atom. The molecule has 0 fully saturated rings. The van der Waals surface area contributed by atoms with Crippen molar-refractivity contribution in [2.24, 2.45) is 4.99 Å². The van der Waals surface area contributed by atoms with E-state index < -0.39 is 0 Å². The van der Waals surface area contributed by atoms with Gasteiger partial charge < -0.3 is 15.5 Å². The van der Waals surface area contributed by atoms with E-state index >= 15 is 0 Å². The molecule has 0 radical (unpaired) electrons. The van der Waals surface area contributed by atoms with Gasteiger partial charge in [-0.1, -0.05) is 18.2 Å². The number of rotatable bonds is 9. The predicted octanol–water partition coefficient (Wildman–Crippen LogP) is 3.05. The standard InChI is InChI=1S/C16H28N4S.HI/c1-17-16(19-12-14-21-3)18-11-7-8-13-20(2)15-9-5-4-6-10-15;/h4-6,9-10H,7-8,11-14H2,1-3H3,(H2,17,18,19);1H. The Labute approximate surface area is 156 Å². The highest BCUT2D eigenvalue weighted by Crippen LogP contribution is 2.11. The maximum Gasteiger partial charge on any atom is 0.191 e. The van der Waals surface area contributed by atoms with Crippen LogP contribution in [0.15, 0.2) is 35.3 Å². The number of hydrogen-bond donors (Lipinski definition) is 2. The van der Waals surface area contributed by atoms with E-state index in [4.69, 9.17) is 0 Å². The zero-order chi connectivity index (χ0) is 15.3. The maximum atomic E-state index is 4.21. The number of para-hydroxylation sites is 1. The fraction of sp³-hybridized carbons (Fsp3) is 0.562. The Balaban J connectivity index is 0.00000441. The highest BCUT2D eigenvalue weighted by molar-refractivity contribution is 14.0. The van der Waals surface area contributed by atoms with E-state index in [9.17, 15) is 0 Å². The molecule has 0 atom stereocenters. The number of unbranched alkanes of at least 4 members (excludes halogenated alkanes) is 1. The number of thioether (sulfide) groups is 1. The molecule has 6 heteroatoms. The van der Waals surface area contributed by atoms with E-state index in [1.807, 2.05) is 18.8 Å². The fourth-order valence-electron chi connectivity index (χ4n) is 1.98. The lowest BCUT2D eigenvalue weighted by molar-refractivity contribution is 0.689. The molecule has 22 heavy (non-hydrogen) atoms. The van der Waals surface area contributed by atoms with E-state index in [1.165, 1.54) is 12.1 Å². The Kier molecular flexibility index (Phi) is 13.6. The highest BCUT2D eigenvalue weighted by atomic mass is 127. The number of nitrogens with zero attached hydrogens (tertiary/aromatic N) is 2. The minimum absolute atomic E-state index is 0. The van der Waals surface area contributed by atoms with Crippen LogP contribution < -0.4 is 15.5 Å². The lowest BCUT2D eigenvalue weighted by Crippen LogP contribution is -2.38. The van der Waals surface area contributed by atoms with Crippen LogP contribution in [0, 0.1) is 0 Å². The number of nitrogens with one attached hydrogen (secondary N) is 2. The van der Waals surface area contributed by atoms with Crippen molar-refractivity contribution in [2.75, 3.05) is 50.6 Å². The minimum atomic E-state index is 0. The molecular weight excluding hydrogens is 407 g/mol. The molecule has 1 aromatic carbocycles. The lowest BCUT2D eigenvalue weighted by atomic mass is 10.2. The van der Waals surface area contributed by atoms with Crippen LogP contribution in [-0.2, 0) is 0 Å². The SMILES string of the molecule is CN=C(NCCCCN(C)c1ccccc1)NCCSC.I. The van der Waals surface area contributed by atoms with Crippen LogP contribution in [0.2, 0.25) is 0 Å². The van der Waals surface area contributed by atoms with Crippen LogP contribution >= 0.6 is 35.7 Å². The second kappa shape index (κ2) is 14.0. The summed E-state index contributed by atoms with van der Waals surface area (Å²) < 4.78 is 0. The van der Waals surface area contributed by atoms with Crippen molar-refractivity contribution >= 4 is 47.4 Å². The van der Waals surface area contributed by atoms with E-state index in [1.54, 1.807) is 0 Å². The third-order valence-corrected chi connectivity index (χ3v) is 3.84. The first-order chi connectivity index (χ1) is 10.3. The number of benzene rings is 1. The summed E-state index contributed by atoms with van der Waals surface area (Å²) >= 11 is 1.84. The molecule has 4 nitrogen and oxygen atoms in total. The minimum Gasteiger partial charge on any atom is -0.375 e. The molecular formula is C16H29IN4S. The van der Waals surface area contributed by atoms with Crippen molar-refractivity contribution in [1.29, 1.82) is 0 Å². The zero-order valence-corrected chi connectivity index (χ0v) is 17.0. The average molecular weight is 436 g/mol. The number of halogens is 1. The molecule has 126 valence electrons. The Morgan fingerprint density at radius 3 is 2.45 bits per heavy atom. The fourth-order valence-corrected chi connectivity index (χ4v) is 2.29. The van der Waals surface area contributed by atoms with E-state index in [0.717, 1.165) is 37.8 Å². The average Bonchev–Trinajstić information content (AvgIpc) is 2.53. The third-order valence-electron chi connectivity index (χ3n) is 3.23. The second-order valence-electron chi connectivity index (χ2n) is 4.88. The van der Waals surface area contributed by atoms with Crippen LogP contribution in [-0.4, -0.2) is 51.7 Å². The Morgan fingerprint density at radius 1 is 1.14 bits per heavy atom. The smallest absolute Gasteiger partial charge is 0.191 e. The van der Waals surface area contributed by atoms with Gasteiger partial charge in [-0.25, -0.2) is 0 Å². The van der Waals surface area contributed by atoms with Crippen LogP contribution in [0.4, 0.5) is 5.69 Å². The molecule has 0 saturated carbocycles. The summed E-state index contributed by atoms with van der Waals surface area (Å²) in [6.45, 7) is 2.99. The topological polar surface area (TPSA) is 39.7 Å². The van der Waals surface area contributed by atoms with Gasteiger partial charge in [0, 0.05) is 45.2 Å². The number of aliphatic imine (C=N–C) groups is 1. The van der Waals surface area contributed by atoms with Gasteiger partial charge in [0.1, 0.15) is 0 Å². The first kappa shape index (κ1) is 21.4. The number of hydrogen-bond acceptors (Lipinski definition) is 3. The van der Waals surface area contributed by atoms with Crippen LogP contribution in [0.25, 0.3) is 0 Å². The Hall–Kier alpha value is -0.630. The van der Waals surface area contributed by atoms with Crippen molar-refractivity contribution in [1.82, 2.24) is 10.6 Å². The largest absolute Gasteiger partial charge is 0.375 e. The summed E-state index contributed by atoms with van der Waals surface area (Å²) in [7, 11) is 3.96. The number of anilines is 1. The van der Waals surface area contributed by atoms with E-state index in [2.05, 4.69) is 64.2 Å². The maximum absolute atomic E-state index is 4.21. The van der Waals surface area contributed by atoms with Crippen molar-refractivity contribution in [3.63, 3.8) is 0 Å². The summed E-state index contributed by atoms with van der Waals surface area (Å²) in [5, 5.41) is 6.66. The molecule has 0 amide bonds. The molecule has 2 N–H and O–H groups in total. The van der Waals surface area contributed by atoms with Gasteiger partial charge in [0.15, 0.2) is 5.96 Å². The van der Waals surface area contributed by atoms with Crippen LogP contribution in [0.3, 0.4) is 0 Å². The van der Waals surface area contributed by atoms with Gasteiger partial charge in [0.2, 0.25) is 0 Å². The molecule has 0 aromatic heterocycles. The molecule has 0 heterocycles. The van der Waals surface area contributed by atoms with Crippen LogP contribution in [0.1, 0.15) is 12.8 Å². The van der Waals surface area contributed by atoms with Crippen molar-refractivity contribution < 1.29 is 0 Å². The van der Waals surface area contributed by atoms with Gasteiger partial charge in [-0.15, -0.1) is 24.0 Å². The third kappa shape index (κ3) is 9.40. The molecule has 0 unspecified atom stereocenters. The monoisotopic (exact) mass is 436 g/mol. The predicted molar refractivity (Wildman–Crippen MR) is 112 cm³/mol. The molecule has 0 aliphatic carbocycles. The van der Waals surface area contributed by atoms with E-state index in [0.29, 0.717) is 0 Å². The van der Waals surface area contributed by atoms with E-state index in [-0.39, 0.29) is 24.0 Å². The van der Waals surface area contributed by atoms with Crippen molar-refractivity contribution in [3.05, 3.63) is 30.3 Å². The Bertz CT molecular complexity index is 400. The molecule has 1 rings (SSSR count). The first-order valence-corrected chi connectivity index (χ1v) is 8.87. The van der Waals surface area contributed by atoms with Gasteiger partial charge in [0.25, 0.3) is 0 Å². The molecule has 0 bridgehead atoms. The summed E-state index contributed by atoms with van der Waals surface area (Å²) in [6, 6.07) is 10.5. The second-order valence-corrected chi connectivity index (χ2v) is 5.87. The summed E-state index contributed by atoms with van der Waals surface area (Å²) in [6.07, 6.45) is 4.42. The highest BCUT2D eigenvalue weighted by Gasteiger charge is 2.00. The van der Waals surface area contributed by atoms with Crippen molar-refractivity contribution in [2.45, 2.75) is 12.8 Å².